The molecule has 1 aliphatic heterocycles. The highest BCUT2D eigenvalue weighted by atomic mass is 31.3. The molecule has 0 radical (unpaired) electrons. The molecule has 1 aliphatic rings. The van der Waals surface area contributed by atoms with E-state index in [0.29, 0.717) is 24.0 Å². The standard InChI is InChI=1S/C44H63N2O18P3.2H3N/c1-4-6-8-10-12-14-16-18-41(47)61-37-23-19-35(20-24-37)31-58-67(55,59-32-36-21-25-38(26-22-36)62-44(50)56-29-17-15-13-11-9-7-5-2)64-66(53,54)63-65(51,52)57-33-39-27-28-40(60-39)46-30-34(3)42(48)45-43(46)49;;/h19-28,30,39-40H,4-18,29,31-33H2,1-3H3,(H,51,52)(H,53,54)(H,45,48,49);2*1H3/t39-,40+,67?;;/m0../s1. The summed E-state index contributed by atoms with van der Waals surface area (Å²) in [5, 5.41) is 0. The van der Waals surface area contributed by atoms with E-state index in [4.69, 9.17) is 36.8 Å². The predicted molar refractivity (Wildman–Crippen MR) is 255 cm³/mol. The van der Waals surface area contributed by atoms with Crippen molar-refractivity contribution in [1.82, 2.24) is 21.9 Å². The highest BCUT2D eigenvalue weighted by Crippen LogP contribution is 2.69. The van der Waals surface area contributed by atoms with Gasteiger partial charge in [0.25, 0.3) is 5.56 Å². The number of phosphoric acid groups is 3. The van der Waals surface area contributed by atoms with Crippen molar-refractivity contribution < 1.29 is 74.2 Å². The molecule has 0 aliphatic carbocycles. The Balaban J connectivity index is 0.00000817. The van der Waals surface area contributed by atoms with Crippen LogP contribution in [0.25, 0.3) is 0 Å². The first-order chi connectivity index (χ1) is 32.0. The minimum atomic E-state index is -5.82. The third-order valence-corrected chi connectivity index (χ3v) is 14.7. The van der Waals surface area contributed by atoms with Gasteiger partial charge in [-0.2, -0.15) is 8.62 Å². The molecule has 4 rings (SSSR count). The van der Waals surface area contributed by atoms with Crippen molar-refractivity contribution in [1.29, 1.82) is 0 Å². The predicted octanol–water partition coefficient (Wildman–Crippen LogP) is 10.7. The Hall–Kier alpha value is -4.11. The van der Waals surface area contributed by atoms with Gasteiger partial charge in [-0.05, 0) is 61.2 Å². The third-order valence-electron chi connectivity index (χ3n) is 10.0. The SMILES string of the molecule is CCCCCCCCCOC(=O)Oc1ccc(COP(=O)(OCc2ccc(OC(=O)CCCCCCCCC)cc2)OP(=O)(O)OP(=O)(O)OC[C@@H]2C=C[C@H](n3cc(C)c(=O)[nH]c3=O)O2)cc1.N.N. The number of unbranched alkanes of at least 4 members (excludes halogenated alkanes) is 12. The molecule has 1 aromatic heterocycles. The first-order valence-electron chi connectivity index (χ1n) is 22.5. The van der Waals surface area contributed by atoms with Crippen molar-refractivity contribution in [3.05, 3.63) is 104 Å². The van der Waals surface area contributed by atoms with Crippen molar-refractivity contribution >= 4 is 35.6 Å². The monoisotopic (exact) mass is 1030 g/mol. The summed E-state index contributed by atoms with van der Waals surface area (Å²) in [6, 6.07) is 11.5. The molecule has 0 fully saturated rings. The minimum absolute atomic E-state index is 0. The van der Waals surface area contributed by atoms with Gasteiger partial charge in [0.05, 0.1) is 26.4 Å². The zero-order valence-electron chi connectivity index (χ0n) is 39.6. The topological polar surface area (TPSA) is 334 Å². The van der Waals surface area contributed by atoms with E-state index in [1.165, 1.54) is 99.5 Å². The van der Waals surface area contributed by atoms with E-state index in [1.807, 2.05) is 0 Å². The van der Waals surface area contributed by atoms with Crippen LogP contribution in [-0.2, 0) is 63.4 Å². The van der Waals surface area contributed by atoms with E-state index in [-0.39, 0.29) is 42.4 Å². The van der Waals surface area contributed by atoms with Crippen molar-refractivity contribution in [3.63, 3.8) is 0 Å². The lowest BCUT2D eigenvalue weighted by molar-refractivity contribution is -0.134. The van der Waals surface area contributed by atoms with E-state index in [9.17, 15) is 42.7 Å². The average Bonchev–Trinajstić information content (AvgIpc) is 3.75. The number of phosphoric ester groups is 2. The number of nitrogens with zero attached hydrogens (tertiary/aromatic N) is 1. The molecule has 0 saturated carbocycles. The first kappa shape index (κ1) is 61.0. The maximum absolute atomic E-state index is 14.0. The number of hydrogen-bond donors (Lipinski definition) is 5. The second-order valence-electron chi connectivity index (χ2n) is 15.8. The van der Waals surface area contributed by atoms with Crippen LogP contribution < -0.4 is 33.0 Å². The fourth-order valence-electron chi connectivity index (χ4n) is 6.43. The second kappa shape index (κ2) is 31.3. The molecule has 0 spiro atoms. The number of esters is 1. The Labute approximate surface area is 402 Å². The molecular formula is C44H69N4O18P3. The molecule has 22 nitrogen and oxygen atoms in total. The van der Waals surface area contributed by atoms with Gasteiger partial charge in [-0.1, -0.05) is 121 Å². The zero-order valence-corrected chi connectivity index (χ0v) is 42.3. The quantitative estimate of drug-likeness (QED) is 0.00968. The largest absolute Gasteiger partial charge is 0.513 e. The smallest absolute Gasteiger partial charge is 0.434 e. The van der Waals surface area contributed by atoms with Gasteiger partial charge in [-0.25, -0.2) is 23.3 Å². The van der Waals surface area contributed by atoms with Crippen molar-refractivity contribution in [2.45, 2.75) is 143 Å². The minimum Gasteiger partial charge on any atom is -0.434 e. The Bertz CT molecular complexity index is 2310. The molecule has 2 heterocycles. The molecule has 69 heavy (non-hydrogen) atoms. The normalized spacial score (nSPS) is 16.8. The van der Waals surface area contributed by atoms with E-state index in [2.05, 4.69) is 23.1 Å². The summed E-state index contributed by atoms with van der Waals surface area (Å²) < 4.78 is 87.3. The molecule has 5 atom stereocenters. The van der Waals surface area contributed by atoms with Crippen LogP contribution in [0.15, 0.2) is 76.5 Å². The van der Waals surface area contributed by atoms with Gasteiger partial charge in [-0.15, -0.1) is 0 Å². The van der Waals surface area contributed by atoms with E-state index >= 15 is 0 Å². The number of ether oxygens (including phenoxy) is 4. The number of aromatic amines is 1. The maximum atomic E-state index is 14.0. The summed E-state index contributed by atoms with van der Waals surface area (Å²) in [5.74, 6) is -0.0415. The van der Waals surface area contributed by atoms with E-state index in [0.717, 1.165) is 55.9 Å². The highest BCUT2D eigenvalue weighted by molar-refractivity contribution is 7.67. The van der Waals surface area contributed by atoms with Gasteiger partial charge in [0, 0.05) is 18.2 Å². The molecule has 9 N–H and O–H groups in total. The highest BCUT2D eigenvalue weighted by Gasteiger charge is 2.44. The van der Waals surface area contributed by atoms with Gasteiger partial charge in [0.2, 0.25) is 0 Å². The molecule has 3 unspecified atom stereocenters. The number of H-pyrrole nitrogens is 1. The summed E-state index contributed by atoms with van der Waals surface area (Å²) in [7, 11) is -16.5. The van der Waals surface area contributed by atoms with Crippen LogP contribution in [0, 0.1) is 6.92 Å². The Morgan fingerprint density at radius 1 is 0.681 bits per heavy atom. The molecule has 3 aromatic rings. The van der Waals surface area contributed by atoms with Gasteiger partial charge in [0.1, 0.15) is 17.6 Å². The lowest BCUT2D eigenvalue weighted by Gasteiger charge is -2.22. The van der Waals surface area contributed by atoms with Crippen LogP contribution in [0.3, 0.4) is 0 Å². The number of carbonyl (C=O) groups excluding carboxylic acids is 2. The van der Waals surface area contributed by atoms with Crippen LogP contribution in [-0.4, -0.2) is 50.8 Å². The molecule has 0 amide bonds. The number of carbonyl (C=O) groups is 2. The van der Waals surface area contributed by atoms with Gasteiger partial charge >= 0.3 is 41.3 Å². The molecule has 388 valence electrons. The summed E-state index contributed by atoms with van der Waals surface area (Å²) >= 11 is 0. The lowest BCUT2D eigenvalue weighted by Crippen LogP contribution is -2.33. The Kier molecular flexibility index (Phi) is 27.7. The van der Waals surface area contributed by atoms with E-state index in [1.54, 1.807) is 0 Å². The molecule has 0 saturated heterocycles. The fourth-order valence-corrected chi connectivity index (χ4v) is 10.5. The van der Waals surface area contributed by atoms with Crippen molar-refractivity contribution in [2.24, 2.45) is 0 Å². The van der Waals surface area contributed by atoms with Crippen LogP contribution in [0.5, 0.6) is 11.5 Å². The number of aryl methyl sites for hydroxylation is 1. The summed E-state index contributed by atoms with van der Waals surface area (Å²) in [6.45, 7) is 4.11. The van der Waals surface area contributed by atoms with Crippen LogP contribution in [0.4, 0.5) is 4.79 Å². The Morgan fingerprint density at radius 3 is 1.77 bits per heavy atom. The summed E-state index contributed by atoms with van der Waals surface area (Å²) in [6.07, 6.45) is 16.0. The summed E-state index contributed by atoms with van der Waals surface area (Å²) in [4.78, 5) is 71.7. The molecule has 25 heteroatoms. The Morgan fingerprint density at radius 2 is 1.20 bits per heavy atom. The number of benzene rings is 2. The molecule has 2 aromatic carbocycles. The first-order valence-corrected chi connectivity index (χ1v) is 26.9. The lowest BCUT2D eigenvalue weighted by atomic mass is 10.1. The average molecular weight is 1030 g/mol. The number of rotatable bonds is 32. The van der Waals surface area contributed by atoms with Gasteiger partial charge in [-0.3, -0.25) is 32.7 Å². The third kappa shape index (κ3) is 23.6. The number of hydrogen-bond acceptors (Lipinski definition) is 18. The number of aromatic nitrogens is 2. The van der Waals surface area contributed by atoms with E-state index < -0.39 is 79.0 Å². The second-order valence-corrected chi connectivity index (χ2v) is 20.6. The molecule has 0 bridgehead atoms. The van der Waals surface area contributed by atoms with Crippen LogP contribution in [0.2, 0.25) is 0 Å². The van der Waals surface area contributed by atoms with Gasteiger partial charge in [0.15, 0.2) is 6.23 Å². The maximum Gasteiger partial charge on any atom is 0.513 e. The fraction of sp³-hybridized carbons (Fsp3) is 0.545. The number of nitrogens with one attached hydrogen (secondary N) is 1. The van der Waals surface area contributed by atoms with Crippen LogP contribution >= 0.6 is 23.5 Å². The van der Waals surface area contributed by atoms with Crippen molar-refractivity contribution in [2.75, 3.05) is 13.2 Å². The van der Waals surface area contributed by atoms with Crippen molar-refractivity contribution in [3.8, 4) is 11.5 Å². The van der Waals surface area contributed by atoms with Gasteiger partial charge < -0.3 is 41.0 Å². The summed E-state index contributed by atoms with van der Waals surface area (Å²) in [5.41, 5.74) is -0.529. The molecular weight excluding hydrogens is 965 g/mol. The zero-order chi connectivity index (χ0) is 48.7. The van der Waals surface area contributed by atoms with Crippen LogP contribution in [0.1, 0.15) is 133 Å².